The number of amides is 1. The van der Waals surface area contributed by atoms with Crippen molar-refractivity contribution in [2.24, 2.45) is 0 Å². The fourth-order valence-corrected chi connectivity index (χ4v) is 1.48. The Morgan fingerprint density at radius 1 is 1.36 bits per heavy atom. The van der Waals surface area contributed by atoms with Crippen LogP contribution in [0.1, 0.15) is 19.8 Å². The lowest BCUT2D eigenvalue weighted by atomic mass is 10.4. The van der Waals surface area contributed by atoms with Crippen LogP contribution < -0.4 is 10.6 Å². The topological polar surface area (TPSA) is 58.2 Å². The lowest BCUT2D eigenvalue weighted by Gasteiger charge is -2.04. The van der Waals surface area contributed by atoms with E-state index in [-0.39, 0.29) is 5.91 Å². The van der Waals surface area contributed by atoms with Gasteiger partial charge in [-0.15, -0.1) is 0 Å². The third kappa shape index (κ3) is 9.67. The van der Waals surface area contributed by atoms with Gasteiger partial charge >= 0.3 is 0 Å². The Balaban J connectivity index is 3.19. The van der Waals surface area contributed by atoms with Crippen LogP contribution >= 0.6 is 0 Å². The third-order valence-electron chi connectivity index (χ3n) is 1.64. The Morgan fingerprint density at radius 2 is 2.07 bits per heavy atom. The summed E-state index contributed by atoms with van der Waals surface area (Å²) in [5, 5.41) is 5.77. The minimum absolute atomic E-state index is 0.0319. The SMILES string of the molecule is CCCNC(=O)CNCCCS(C)=O. The Bertz CT molecular complexity index is 186. The summed E-state index contributed by atoms with van der Waals surface area (Å²) in [5.41, 5.74) is 0. The van der Waals surface area contributed by atoms with Crippen LogP contribution in [0, 0.1) is 0 Å². The summed E-state index contributed by atoms with van der Waals surface area (Å²) in [6, 6.07) is 0. The van der Waals surface area contributed by atoms with Crippen LogP contribution in [0.4, 0.5) is 0 Å². The van der Waals surface area contributed by atoms with Crippen molar-refractivity contribution >= 4 is 16.7 Å². The maximum atomic E-state index is 11.1. The van der Waals surface area contributed by atoms with Crippen molar-refractivity contribution in [2.45, 2.75) is 19.8 Å². The monoisotopic (exact) mass is 220 g/mol. The van der Waals surface area contributed by atoms with Gasteiger partial charge in [0.15, 0.2) is 0 Å². The van der Waals surface area contributed by atoms with Gasteiger partial charge in [-0.25, -0.2) is 0 Å². The van der Waals surface area contributed by atoms with Gasteiger partial charge in [0.25, 0.3) is 0 Å². The fraction of sp³-hybridized carbons (Fsp3) is 0.889. The summed E-state index contributed by atoms with van der Waals surface area (Å²) in [6.45, 7) is 3.86. The first-order valence-electron chi connectivity index (χ1n) is 4.94. The van der Waals surface area contributed by atoms with E-state index >= 15 is 0 Å². The second kappa shape index (κ2) is 9.15. The van der Waals surface area contributed by atoms with Crippen molar-refractivity contribution in [3.8, 4) is 0 Å². The third-order valence-corrected chi connectivity index (χ3v) is 2.51. The van der Waals surface area contributed by atoms with Gasteiger partial charge < -0.3 is 10.6 Å². The van der Waals surface area contributed by atoms with E-state index in [0.717, 1.165) is 25.9 Å². The van der Waals surface area contributed by atoms with Crippen LogP contribution in [0.15, 0.2) is 0 Å². The fourth-order valence-electron chi connectivity index (χ4n) is 0.929. The van der Waals surface area contributed by atoms with Crippen molar-refractivity contribution in [1.29, 1.82) is 0 Å². The molecule has 0 saturated heterocycles. The average molecular weight is 220 g/mol. The molecule has 0 aromatic heterocycles. The molecule has 5 heteroatoms. The second-order valence-corrected chi connectivity index (χ2v) is 4.71. The Labute approximate surface area is 88.3 Å². The smallest absolute Gasteiger partial charge is 0.233 e. The second-order valence-electron chi connectivity index (χ2n) is 3.16. The van der Waals surface area contributed by atoms with Crippen molar-refractivity contribution in [3.05, 3.63) is 0 Å². The minimum Gasteiger partial charge on any atom is -0.355 e. The van der Waals surface area contributed by atoms with Crippen LogP contribution in [0.5, 0.6) is 0 Å². The summed E-state index contributed by atoms with van der Waals surface area (Å²) < 4.78 is 10.7. The molecular weight excluding hydrogens is 200 g/mol. The summed E-state index contributed by atoms with van der Waals surface area (Å²) in [6.07, 6.45) is 3.50. The molecule has 14 heavy (non-hydrogen) atoms. The molecule has 0 bridgehead atoms. The molecule has 0 spiro atoms. The molecule has 0 saturated carbocycles. The normalized spacial score (nSPS) is 12.4. The predicted molar refractivity (Wildman–Crippen MR) is 59.7 cm³/mol. The van der Waals surface area contributed by atoms with Gasteiger partial charge in [0.05, 0.1) is 6.54 Å². The summed E-state index contributed by atoms with van der Waals surface area (Å²) >= 11 is 0. The molecule has 0 aliphatic rings. The molecule has 1 atom stereocenters. The molecule has 0 fully saturated rings. The molecule has 1 amide bonds. The molecule has 84 valence electrons. The highest BCUT2D eigenvalue weighted by Crippen LogP contribution is 1.81. The highest BCUT2D eigenvalue weighted by atomic mass is 32.2. The predicted octanol–water partition coefficient (Wildman–Crippen LogP) is -0.129. The van der Waals surface area contributed by atoms with Gasteiger partial charge in [-0.2, -0.15) is 0 Å². The number of rotatable bonds is 8. The van der Waals surface area contributed by atoms with Gasteiger partial charge in [0.1, 0.15) is 0 Å². The summed E-state index contributed by atoms with van der Waals surface area (Å²) in [4.78, 5) is 11.1. The highest BCUT2D eigenvalue weighted by molar-refractivity contribution is 7.84. The van der Waals surface area contributed by atoms with E-state index in [1.165, 1.54) is 0 Å². The summed E-state index contributed by atoms with van der Waals surface area (Å²) in [7, 11) is -0.725. The standard InChI is InChI=1S/C9H20N2O2S/c1-3-5-11-9(12)8-10-6-4-7-14(2)13/h10H,3-8H2,1-2H3,(H,11,12). The first-order chi connectivity index (χ1) is 6.66. The molecule has 2 N–H and O–H groups in total. The van der Waals surface area contributed by atoms with E-state index in [2.05, 4.69) is 10.6 Å². The molecular formula is C9H20N2O2S. The number of nitrogens with one attached hydrogen (secondary N) is 2. The van der Waals surface area contributed by atoms with E-state index < -0.39 is 10.8 Å². The number of hydrogen-bond acceptors (Lipinski definition) is 3. The zero-order chi connectivity index (χ0) is 10.8. The number of hydrogen-bond donors (Lipinski definition) is 2. The van der Waals surface area contributed by atoms with Gasteiger partial charge in [-0.05, 0) is 19.4 Å². The molecule has 0 aliphatic heterocycles. The van der Waals surface area contributed by atoms with Crippen LogP contribution in [0.2, 0.25) is 0 Å². The van der Waals surface area contributed by atoms with Crippen molar-refractivity contribution in [2.75, 3.05) is 31.6 Å². The Morgan fingerprint density at radius 3 is 2.64 bits per heavy atom. The Hall–Kier alpha value is -0.420. The first kappa shape index (κ1) is 13.6. The van der Waals surface area contributed by atoms with Crippen LogP contribution in [0.25, 0.3) is 0 Å². The number of carbonyl (C=O) groups excluding carboxylic acids is 1. The summed E-state index contributed by atoms with van der Waals surface area (Å²) in [5.74, 6) is 0.730. The van der Waals surface area contributed by atoms with E-state index in [1.54, 1.807) is 6.26 Å². The molecule has 0 rings (SSSR count). The van der Waals surface area contributed by atoms with Crippen LogP contribution in [-0.4, -0.2) is 41.8 Å². The maximum absolute atomic E-state index is 11.1. The minimum atomic E-state index is -0.725. The lowest BCUT2D eigenvalue weighted by molar-refractivity contribution is -0.120. The van der Waals surface area contributed by atoms with Crippen molar-refractivity contribution in [1.82, 2.24) is 10.6 Å². The Kier molecular flexibility index (Phi) is 8.87. The molecule has 0 aliphatic carbocycles. The molecule has 4 nitrogen and oxygen atoms in total. The van der Waals surface area contributed by atoms with E-state index in [1.807, 2.05) is 6.92 Å². The molecule has 0 aromatic rings. The zero-order valence-corrected chi connectivity index (χ0v) is 9.78. The van der Waals surface area contributed by atoms with E-state index in [9.17, 15) is 9.00 Å². The van der Waals surface area contributed by atoms with Crippen molar-refractivity contribution < 1.29 is 9.00 Å². The van der Waals surface area contributed by atoms with Gasteiger partial charge in [-0.1, -0.05) is 6.92 Å². The highest BCUT2D eigenvalue weighted by Gasteiger charge is 1.98. The molecule has 1 unspecified atom stereocenters. The largest absolute Gasteiger partial charge is 0.355 e. The maximum Gasteiger partial charge on any atom is 0.233 e. The average Bonchev–Trinajstić information content (AvgIpc) is 2.13. The van der Waals surface area contributed by atoms with Crippen LogP contribution in [-0.2, 0) is 15.6 Å². The number of carbonyl (C=O) groups is 1. The van der Waals surface area contributed by atoms with Crippen molar-refractivity contribution in [3.63, 3.8) is 0 Å². The first-order valence-corrected chi connectivity index (χ1v) is 6.67. The van der Waals surface area contributed by atoms with E-state index in [4.69, 9.17) is 0 Å². The van der Waals surface area contributed by atoms with Gasteiger partial charge in [0, 0.05) is 29.4 Å². The molecule has 0 radical (unpaired) electrons. The van der Waals surface area contributed by atoms with Crippen LogP contribution in [0.3, 0.4) is 0 Å². The molecule has 0 aromatic carbocycles. The van der Waals surface area contributed by atoms with Gasteiger partial charge in [0.2, 0.25) is 5.91 Å². The quantitative estimate of drug-likeness (QED) is 0.560. The zero-order valence-electron chi connectivity index (χ0n) is 8.97. The van der Waals surface area contributed by atoms with Gasteiger partial charge in [-0.3, -0.25) is 9.00 Å². The molecule has 0 heterocycles. The lowest BCUT2D eigenvalue weighted by Crippen LogP contribution is -2.34. The van der Waals surface area contributed by atoms with E-state index in [0.29, 0.717) is 12.3 Å².